The molecule has 19 heavy (non-hydrogen) atoms. The van der Waals surface area contributed by atoms with Crippen molar-refractivity contribution < 1.29 is 4.79 Å². The number of nitrogens with zero attached hydrogens (tertiary/aromatic N) is 1. The van der Waals surface area contributed by atoms with Crippen LogP contribution in [0.4, 0.5) is 0 Å². The quantitative estimate of drug-likeness (QED) is 0.850. The van der Waals surface area contributed by atoms with E-state index in [4.69, 9.17) is 0 Å². The van der Waals surface area contributed by atoms with Gasteiger partial charge in [-0.15, -0.1) is 0 Å². The second kappa shape index (κ2) is 5.43. The summed E-state index contributed by atoms with van der Waals surface area (Å²) >= 11 is 0. The summed E-state index contributed by atoms with van der Waals surface area (Å²) in [5.74, 6) is 2.58. The molecule has 4 atom stereocenters. The molecular weight excluding hydrogens is 236 g/mol. The van der Waals surface area contributed by atoms with Crippen LogP contribution in [-0.2, 0) is 4.79 Å². The fourth-order valence-electron chi connectivity index (χ4n) is 4.42. The first-order valence-electron chi connectivity index (χ1n) is 8.23. The van der Waals surface area contributed by atoms with Gasteiger partial charge in [0.15, 0.2) is 0 Å². The van der Waals surface area contributed by atoms with E-state index in [1.165, 1.54) is 44.9 Å². The molecule has 3 nitrogen and oxygen atoms in total. The molecule has 2 saturated carbocycles. The molecule has 3 rings (SSSR count). The zero-order valence-electron chi connectivity index (χ0n) is 12.4. The van der Waals surface area contributed by atoms with Crippen molar-refractivity contribution in [2.45, 2.75) is 71.0 Å². The molecule has 108 valence electrons. The third-order valence-corrected chi connectivity index (χ3v) is 5.73. The van der Waals surface area contributed by atoms with Crippen molar-refractivity contribution in [2.75, 3.05) is 6.54 Å². The number of hydrogen-bond donors (Lipinski definition) is 1. The highest BCUT2D eigenvalue weighted by molar-refractivity contribution is 5.84. The molecule has 3 heteroatoms. The molecule has 3 fully saturated rings. The van der Waals surface area contributed by atoms with Crippen molar-refractivity contribution >= 4 is 5.91 Å². The van der Waals surface area contributed by atoms with Crippen LogP contribution in [0.1, 0.15) is 58.8 Å². The van der Waals surface area contributed by atoms with Crippen LogP contribution in [-0.4, -0.2) is 29.6 Å². The number of rotatable bonds is 3. The first kappa shape index (κ1) is 13.4. The lowest BCUT2D eigenvalue weighted by molar-refractivity contribution is -0.131. The van der Waals surface area contributed by atoms with Gasteiger partial charge in [0.05, 0.1) is 12.2 Å². The molecule has 1 saturated heterocycles. The van der Waals surface area contributed by atoms with Crippen molar-refractivity contribution in [3.63, 3.8) is 0 Å². The Morgan fingerprint density at radius 3 is 2.47 bits per heavy atom. The summed E-state index contributed by atoms with van der Waals surface area (Å²) in [4.78, 5) is 14.6. The van der Waals surface area contributed by atoms with Crippen LogP contribution in [0.25, 0.3) is 0 Å². The Labute approximate surface area is 117 Å². The van der Waals surface area contributed by atoms with E-state index in [1.54, 1.807) is 0 Å². The zero-order valence-corrected chi connectivity index (χ0v) is 12.4. The number of nitrogens with one attached hydrogen (secondary N) is 1. The summed E-state index contributed by atoms with van der Waals surface area (Å²) < 4.78 is 0. The molecule has 0 aromatic heterocycles. The third-order valence-electron chi connectivity index (χ3n) is 5.73. The molecule has 1 N–H and O–H groups in total. The first-order chi connectivity index (χ1) is 9.16. The standard InChI is InChI=1S/C16H28N2O/c1-11-6-5-9-14(11)10-18-15(13-7-3-4-8-13)17-12(2)16(18)19/h11-15,17H,3-10H2,1-2H3. The summed E-state index contributed by atoms with van der Waals surface area (Å²) in [6, 6.07) is 0.0299. The fraction of sp³-hybridized carbons (Fsp3) is 0.938. The Kier molecular flexibility index (Phi) is 3.84. The number of carbonyl (C=O) groups excluding carboxylic acids is 1. The highest BCUT2D eigenvalue weighted by atomic mass is 16.2. The van der Waals surface area contributed by atoms with Crippen molar-refractivity contribution in [1.82, 2.24) is 10.2 Å². The molecule has 0 aromatic carbocycles. The minimum Gasteiger partial charge on any atom is -0.325 e. The normalized spacial score (nSPS) is 40.5. The lowest BCUT2D eigenvalue weighted by atomic mass is 9.96. The van der Waals surface area contributed by atoms with Crippen molar-refractivity contribution in [3.8, 4) is 0 Å². The second-order valence-corrected chi connectivity index (χ2v) is 7.04. The molecule has 4 unspecified atom stereocenters. The van der Waals surface area contributed by atoms with E-state index < -0.39 is 0 Å². The Morgan fingerprint density at radius 2 is 1.84 bits per heavy atom. The smallest absolute Gasteiger partial charge is 0.240 e. The lowest BCUT2D eigenvalue weighted by Crippen LogP contribution is -2.45. The highest BCUT2D eigenvalue weighted by Crippen LogP contribution is 2.36. The first-order valence-corrected chi connectivity index (χ1v) is 8.23. The van der Waals surface area contributed by atoms with E-state index in [1.807, 2.05) is 6.92 Å². The molecular formula is C16H28N2O. The topological polar surface area (TPSA) is 32.3 Å². The lowest BCUT2D eigenvalue weighted by Gasteiger charge is -2.32. The van der Waals surface area contributed by atoms with Crippen LogP contribution in [0.15, 0.2) is 0 Å². The molecule has 3 aliphatic rings. The van der Waals surface area contributed by atoms with Gasteiger partial charge in [0.25, 0.3) is 0 Å². The van der Waals surface area contributed by atoms with Crippen LogP contribution < -0.4 is 5.32 Å². The SMILES string of the molecule is CC1NC(C2CCCC2)N(CC2CCCC2C)C1=O. The maximum Gasteiger partial charge on any atom is 0.240 e. The number of carbonyl (C=O) groups is 1. The number of amides is 1. The third kappa shape index (κ3) is 2.54. The van der Waals surface area contributed by atoms with Crippen molar-refractivity contribution in [1.29, 1.82) is 0 Å². The summed E-state index contributed by atoms with van der Waals surface area (Å²) in [7, 11) is 0. The zero-order chi connectivity index (χ0) is 13.4. The summed E-state index contributed by atoms with van der Waals surface area (Å²) in [6.07, 6.45) is 9.64. The fourth-order valence-corrected chi connectivity index (χ4v) is 4.42. The van der Waals surface area contributed by atoms with Gasteiger partial charge in [-0.25, -0.2) is 0 Å². The molecule has 1 aliphatic heterocycles. The van der Waals surface area contributed by atoms with Crippen LogP contribution in [0, 0.1) is 17.8 Å². The van der Waals surface area contributed by atoms with Crippen LogP contribution in [0.2, 0.25) is 0 Å². The Balaban J connectivity index is 1.69. The molecule has 0 aromatic rings. The second-order valence-electron chi connectivity index (χ2n) is 7.04. The van der Waals surface area contributed by atoms with Gasteiger partial charge in [0, 0.05) is 6.54 Å². The molecule has 0 bridgehead atoms. The van der Waals surface area contributed by atoms with Gasteiger partial charge >= 0.3 is 0 Å². The van der Waals surface area contributed by atoms with Gasteiger partial charge in [-0.1, -0.05) is 32.6 Å². The van der Waals surface area contributed by atoms with E-state index in [9.17, 15) is 4.79 Å². The van der Waals surface area contributed by atoms with E-state index >= 15 is 0 Å². The summed E-state index contributed by atoms with van der Waals surface area (Å²) in [5, 5.41) is 3.56. The maximum atomic E-state index is 12.4. The van der Waals surface area contributed by atoms with E-state index in [0.29, 0.717) is 18.0 Å². The van der Waals surface area contributed by atoms with Crippen LogP contribution in [0.5, 0.6) is 0 Å². The Morgan fingerprint density at radius 1 is 1.11 bits per heavy atom. The van der Waals surface area contributed by atoms with Gasteiger partial charge in [-0.2, -0.15) is 0 Å². The minimum atomic E-state index is 0.0299. The molecule has 2 aliphatic carbocycles. The van der Waals surface area contributed by atoms with Gasteiger partial charge in [-0.3, -0.25) is 10.1 Å². The molecule has 1 heterocycles. The minimum absolute atomic E-state index is 0.0299. The van der Waals surface area contributed by atoms with Crippen LogP contribution in [0.3, 0.4) is 0 Å². The van der Waals surface area contributed by atoms with Gasteiger partial charge in [-0.05, 0) is 43.9 Å². The highest BCUT2D eigenvalue weighted by Gasteiger charge is 2.42. The number of hydrogen-bond acceptors (Lipinski definition) is 2. The Bertz CT molecular complexity index is 338. The van der Waals surface area contributed by atoms with Gasteiger partial charge < -0.3 is 4.90 Å². The molecule has 0 spiro atoms. The average molecular weight is 264 g/mol. The maximum absolute atomic E-state index is 12.4. The molecule has 0 radical (unpaired) electrons. The van der Waals surface area contributed by atoms with E-state index in [2.05, 4.69) is 17.1 Å². The van der Waals surface area contributed by atoms with Crippen molar-refractivity contribution in [3.05, 3.63) is 0 Å². The van der Waals surface area contributed by atoms with Crippen molar-refractivity contribution in [2.24, 2.45) is 17.8 Å². The van der Waals surface area contributed by atoms with E-state index in [0.717, 1.165) is 18.4 Å². The van der Waals surface area contributed by atoms with Gasteiger partial charge in [0.2, 0.25) is 5.91 Å². The predicted octanol–water partition coefficient (Wildman–Crippen LogP) is 2.76. The largest absolute Gasteiger partial charge is 0.325 e. The monoisotopic (exact) mass is 264 g/mol. The molecule has 1 amide bonds. The van der Waals surface area contributed by atoms with Crippen LogP contribution >= 0.6 is 0 Å². The Hall–Kier alpha value is -0.570. The predicted molar refractivity (Wildman–Crippen MR) is 76.6 cm³/mol. The summed E-state index contributed by atoms with van der Waals surface area (Å²) in [6.45, 7) is 5.39. The summed E-state index contributed by atoms with van der Waals surface area (Å²) in [5.41, 5.74) is 0. The van der Waals surface area contributed by atoms with E-state index in [-0.39, 0.29) is 6.04 Å². The average Bonchev–Trinajstić information content (AvgIpc) is 3.08. The van der Waals surface area contributed by atoms with Gasteiger partial charge in [0.1, 0.15) is 0 Å².